The summed E-state index contributed by atoms with van der Waals surface area (Å²) in [6, 6.07) is 5.28. The molecule has 5 nitrogen and oxygen atoms in total. The molecule has 2 rings (SSSR count). The monoisotopic (exact) mass is 220 g/mol. The van der Waals surface area contributed by atoms with E-state index in [0.717, 1.165) is 0 Å². The Kier molecular flexibility index (Phi) is 2.95. The van der Waals surface area contributed by atoms with Crippen LogP contribution in [0.3, 0.4) is 0 Å². The van der Waals surface area contributed by atoms with Gasteiger partial charge in [0.05, 0.1) is 20.4 Å². The molecule has 1 radical (unpaired) electrons. The molecule has 0 fully saturated rings. The normalized spacial score (nSPS) is 9.88. The third kappa shape index (κ3) is 1.93. The first-order chi connectivity index (χ1) is 7.85. The lowest BCUT2D eigenvalue weighted by molar-refractivity contribution is 0.297. The Balaban J connectivity index is 2.33. The second-order valence-corrected chi connectivity index (χ2v) is 2.84. The van der Waals surface area contributed by atoms with Gasteiger partial charge in [0.25, 0.3) is 0 Å². The molecule has 0 aliphatic carbocycles. The van der Waals surface area contributed by atoms with Crippen LogP contribution in [0.5, 0.6) is 23.3 Å². The molecular weight excluding hydrogens is 210 g/mol. The van der Waals surface area contributed by atoms with Crippen LogP contribution in [0, 0.1) is 6.26 Å². The van der Waals surface area contributed by atoms with Gasteiger partial charge in [-0.15, -0.1) is 0 Å². The highest BCUT2D eigenvalue weighted by Gasteiger charge is 2.12. The Morgan fingerprint density at radius 2 is 2.00 bits per heavy atom. The zero-order valence-electron chi connectivity index (χ0n) is 8.89. The van der Waals surface area contributed by atoms with Gasteiger partial charge in [-0.1, -0.05) is 6.07 Å². The van der Waals surface area contributed by atoms with E-state index in [1.165, 1.54) is 13.3 Å². The van der Waals surface area contributed by atoms with Gasteiger partial charge in [-0.3, -0.25) is 0 Å². The first-order valence-corrected chi connectivity index (χ1v) is 4.56. The van der Waals surface area contributed by atoms with E-state index in [9.17, 15) is 0 Å². The molecule has 0 aliphatic rings. The summed E-state index contributed by atoms with van der Waals surface area (Å²) in [4.78, 5) is 3.80. The van der Waals surface area contributed by atoms with Crippen LogP contribution in [0.2, 0.25) is 0 Å². The molecule has 16 heavy (non-hydrogen) atoms. The predicted molar refractivity (Wildman–Crippen MR) is 55.0 cm³/mol. The maximum Gasteiger partial charge on any atom is 0.399 e. The third-order valence-corrected chi connectivity index (χ3v) is 1.93. The SMILES string of the molecule is COc1cccc(Oc2nc[c]o2)c1OC. The van der Waals surface area contributed by atoms with Gasteiger partial charge in [-0.2, -0.15) is 4.98 Å². The minimum atomic E-state index is 0.103. The number of aromatic nitrogens is 1. The molecule has 83 valence electrons. The second kappa shape index (κ2) is 4.57. The minimum absolute atomic E-state index is 0.103. The molecule has 1 aromatic heterocycles. The van der Waals surface area contributed by atoms with Crippen molar-refractivity contribution in [3.05, 3.63) is 30.7 Å². The zero-order valence-corrected chi connectivity index (χ0v) is 8.89. The van der Waals surface area contributed by atoms with Gasteiger partial charge >= 0.3 is 6.08 Å². The Morgan fingerprint density at radius 1 is 1.19 bits per heavy atom. The molecule has 1 heterocycles. The van der Waals surface area contributed by atoms with Crippen molar-refractivity contribution in [3.63, 3.8) is 0 Å². The van der Waals surface area contributed by atoms with Crippen molar-refractivity contribution in [1.29, 1.82) is 0 Å². The van der Waals surface area contributed by atoms with Gasteiger partial charge in [-0.05, 0) is 12.1 Å². The summed E-state index contributed by atoms with van der Waals surface area (Å²) < 4.78 is 20.5. The zero-order chi connectivity index (χ0) is 11.4. The fraction of sp³-hybridized carbons (Fsp3) is 0.182. The standard InChI is InChI=1S/C11H10NO4/c1-13-8-4-3-5-9(10(8)14-2)16-11-12-6-7-15-11/h3-6H,1-2H3. The van der Waals surface area contributed by atoms with Crippen LogP contribution in [-0.2, 0) is 0 Å². The molecule has 2 aromatic rings. The number of rotatable bonds is 4. The van der Waals surface area contributed by atoms with Crippen LogP contribution in [-0.4, -0.2) is 19.2 Å². The van der Waals surface area contributed by atoms with E-state index in [4.69, 9.17) is 18.6 Å². The molecule has 0 spiro atoms. The molecule has 0 unspecified atom stereocenters. The summed E-state index contributed by atoms with van der Waals surface area (Å²) in [6.45, 7) is 0. The average molecular weight is 220 g/mol. The lowest BCUT2D eigenvalue weighted by Gasteiger charge is -2.10. The van der Waals surface area contributed by atoms with Crippen molar-refractivity contribution in [3.8, 4) is 23.3 Å². The maximum absolute atomic E-state index is 5.37. The van der Waals surface area contributed by atoms with Gasteiger partial charge in [0.1, 0.15) is 0 Å². The molecular formula is C11H10NO4. The van der Waals surface area contributed by atoms with Crippen molar-refractivity contribution in [2.45, 2.75) is 0 Å². The molecule has 0 atom stereocenters. The molecule has 5 heteroatoms. The number of hydrogen-bond donors (Lipinski definition) is 0. The molecule has 0 saturated carbocycles. The Labute approximate surface area is 92.6 Å². The Hall–Kier alpha value is -2.17. The molecule has 0 bridgehead atoms. The number of para-hydroxylation sites is 1. The molecule has 0 amide bonds. The van der Waals surface area contributed by atoms with Crippen molar-refractivity contribution in [2.75, 3.05) is 14.2 Å². The van der Waals surface area contributed by atoms with Crippen LogP contribution in [0.4, 0.5) is 0 Å². The molecule has 0 aliphatic heterocycles. The van der Waals surface area contributed by atoms with Crippen LogP contribution in [0.25, 0.3) is 0 Å². The van der Waals surface area contributed by atoms with E-state index >= 15 is 0 Å². The van der Waals surface area contributed by atoms with E-state index in [2.05, 4.69) is 11.2 Å². The third-order valence-electron chi connectivity index (χ3n) is 1.93. The minimum Gasteiger partial charge on any atom is -0.493 e. The van der Waals surface area contributed by atoms with Gasteiger partial charge in [-0.25, -0.2) is 0 Å². The number of hydrogen-bond acceptors (Lipinski definition) is 5. The highest BCUT2D eigenvalue weighted by Crippen LogP contribution is 2.38. The van der Waals surface area contributed by atoms with Crippen molar-refractivity contribution in [1.82, 2.24) is 4.98 Å². The summed E-state index contributed by atoms with van der Waals surface area (Å²) in [6.07, 6.45) is 3.91. The van der Waals surface area contributed by atoms with E-state index in [1.807, 2.05) is 0 Å². The number of benzene rings is 1. The Bertz CT molecular complexity index is 453. The second-order valence-electron chi connectivity index (χ2n) is 2.84. The number of oxazole rings is 1. The summed E-state index contributed by atoms with van der Waals surface area (Å²) in [5, 5.41) is 0. The largest absolute Gasteiger partial charge is 0.493 e. The highest BCUT2D eigenvalue weighted by atomic mass is 16.6. The first-order valence-electron chi connectivity index (χ1n) is 4.56. The summed E-state index contributed by atoms with van der Waals surface area (Å²) >= 11 is 0. The van der Waals surface area contributed by atoms with E-state index in [-0.39, 0.29) is 6.08 Å². The lowest BCUT2D eigenvalue weighted by Crippen LogP contribution is -1.94. The first kappa shape index (κ1) is 10.4. The van der Waals surface area contributed by atoms with Gasteiger partial charge in [0.2, 0.25) is 5.75 Å². The van der Waals surface area contributed by atoms with Crippen LogP contribution < -0.4 is 14.2 Å². The van der Waals surface area contributed by atoms with Crippen LogP contribution in [0.15, 0.2) is 28.8 Å². The van der Waals surface area contributed by atoms with Gasteiger partial charge < -0.3 is 18.6 Å². The van der Waals surface area contributed by atoms with Crippen LogP contribution in [0.1, 0.15) is 0 Å². The van der Waals surface area contributed by atoms with E-state index < -0.39 is 0 Å². The van der Waals surface area contributed by atoms with Crippen molar-refractivity contribution >= 4 is 0 Å². The summed E-state index contributed by atoms with van der Waals surface area (Å²) in [7, 11) is 3.09. The average Bonchev–Trinajstić information content (AvgIpc) is 2.81. The van der Waals surface area contributed by atoms with Gasteiger partial charge in [0, 0.05) is 0 Å². The smallest absolute Gasteiger partial charge is 0.399 e. The fourth-order valence-corrected chi connectivity index (χ4v) is 1.26. The Morgan fingerprint density at radius 3 is 2.62 bits per heavy atom. The highest BCUT2D eigenvalue weighted by molar-refractivity contribution is 5.51. The topological polar surface area (TPSA) is 53.7 Å². The number of methoxy groups -OCH3 is 2. The van der Waals surface area contributed by atoms with Gasteiger partial charge in [0.15, 0.2) is 17.8 Å². The van der Waals surface area contributed by atoms with Crippen molar-refractivity contribution in [2.24, 2.45) is 0 Å². The maximum atomic E-state index is 5.37. The van der Waals surface area contributed by atoms with E-state index in [1.54, 1.807) is 25.3 Å². The van der Waals surface area contributed by atoms with Crippen molar-refractivity contribution < 1.29 is 18.6 Å². The molecule has 1 aromatic carbocycles. The number of nitrogens with zero attached hydrogens (tertiary/aromatic N) is 1. The van der Waals surface area contributed by atoms with E-state index in [0.29, 0.717) is 17.2 Å². The van der Waals surface area contributed by atoms with Crippen LogP contribution >= 0.6 is 0 Å². The fourth-order valence-electron chi connectivity index (χ4n) is 1.26. The quantitative estimate of drug-likeness (QED) is 0.791. The lowest BCUT2D eigenvalue weighted by atomic mass is 10.3. The number of ether oxygens (including phenoxy) is 3. The summed E-state index contributed by atoms with van der Waals surface area (Å²) in [5.74, 6) is 1.54. The molecule has 0 N–H and O–H groups in total. The predicted octanol–water partition coefficient (Wildman–Crippen LogP) is 2.28. The summed E-state index contributed by atoms with van der Waals surface area (Å²) in [5.41, 5.74) is 0. The molecule has 0 saturated heterocycles.